The van der Waals surface area contributed by atoms with Crippen molar-refractivity contribution in [1.82, 2.24) is 0 Å². The molecule has 0 bridgehead atoms. The molecule has 1 saturated carbocycles. The van der Waals surface area contributed by atoms with Gasteiger partial charge in [-0.25, -0.2) is 24.4 Å². The second-order valence-corrected chi connectivity index (χ2v) is 11.5. The van der Waals surface area contributed by atoms with Gasteiger partial charge in [-0.05, 0) is 41.8 Å². The van der Waals surface area contributed by atoms with Crippen LogP contribution in [-0.4, -0.2) is 47.9 Å². The molecule has 0 amide bonds. The van der Waals surface area contributed by atoms with E-state index in [-0.39, 0.29) is 18.2 Å². The van der Waals surface area contributed by atoms with Gasteiger partial charge >= 0.3 is 17.9 Å². The zero-order chi connectivity index (χ0) is 31.7. The summed E-state index contributed by atoms with van der Waals surface area (Å²) in [5.41, 5.74) is -0.588. The summed E-state index contributed by atoms with van der Waals surface area (Å²) in [4.78, 5) is 52.1. The molecule has 0 unspecified atom stereocenters. The number of cyclic esters (lactones) is 2. The predicted molar refractivity (Wildman–Crippen MR) is 171 cm³/mol. The Kier molecular flexibility index (Phi) is 7.41. The molecule has 8 nitrogen and oxygen atoms in total. The van der Waals surface area contributed by atoms with E-state index in [1.54, 1.807) is 6.08 Å². The Morgan fingerprint density at radius 1 is 0.696 bits per heavy atom. The summed E-state index contributed by atoms with van der Waals surface area (Å²) < 4.78 is 17.0. The zero-order valence-electron chi connectivity index (χ0n) is 25.0. The second-order valence-electron chi connectivity index (χ2n) is 11.5. The van der Waals surface area contributed by atoms with Crippen LogP contribution < -0.4 is 0 Å². The highest BCUT2D eigenvalue weighted by Gasteiger charge is 2.73. The number of ether oxygens (including phenoxy) is 3. The van der Waals surface area contributed by atoms with Crippen LogP contribution in [0, 0.1) is 5.92 Å². The maximum absolute atomic E-state index is 14.7. The number of esters is 3. The number of carbonyl (C=O) groups excluding carboxylic acids is 3. The molecule has 3 aliphatic rings. The van der Waals surface area contributed by atoms with Crippen LogP contribution in [0.2, 0.25) is 0 Å². The average Bonchev–Trinajstić information content (AvgIpc) is 3.63. The highest BCUT2D eigenvalue weighted by molar-refractivity contribution is 6.12. The number of rotatable bonds is 6. The largest absolute Gasteiger partial charge is 0.466 e. The van der Waals surface area contributed by atoms with Gasteiger partial charge in [0, 0.05) is 29.0 Å². The zero-order valence-corrected chi connectivity index (χ0v) is 25.0. The maximum atomic E-state index is 14.7. The van der Waals surface area contributed by atoms with Gasteiger partial charge < -0.3 is 14.2 Å². The summed E-state index contributed by atoms with van der Waals surface area (Å²) in [7, 11) is 1.29. The summed E-state index contributed by atoms with van der Waals surface area (Å²) in [5, 5.41) is 0. The molecular formula is C38H30N2O6. The van der Waals surface area contributed by atoms with Crippen molar-refractivity contribution in [3.8, 4) is 0 Å². The van der Waals surface area contributed by atoms with Gasteiger partial charge in [0.1, 0.15) is 0 Å². The van der Waals surface area contributed by atoms with E-state index in [2.05, 4.69) is 0 Å². The van der Waals surface area contributed by atoms with Crippen molar-refractivity contribution in [3.05, 3.63) is 156 Å². The lowest BCUT2D eigenvalue weighted by atomic mass is 9.51. The minimum atomic E-state index is -1.70. The number of carbonyl (C=O) groups is 3. The number of nitrogens with zero attached hydrogens (tertiary/aromatic N) is 2. The van der Waals surface area contributed by atoms with Gasteiger partial charge in [-0.2, -0.15) is 0 Å². The van der Waals surface area contributed by atoms with Crippen molar-refractivity contribution in [2.45, 2.75) is 29.3 Å². The molecule has 4 aromatic rings. The van der Waals surface area contributed by atoms with Gasteiger partial charge in [-0.1, -0.05) is 103 Å². The van der Waals surface area contributed by atoms with Crippen LogP contribution in [0.4, 0.5) is 0 Å². The van der Waals surface area contributed by atoms with Crippen molar-refractivity contribution in [2.75, 3.05) is 7.11 Å². The summed E-state index contributed by atoms with van der Waals surface area (Å²) in [6, 6.07) is 37.3. The van der Waals surface area contributed by atoms with Crippen LogP contribution in [0.25, 0.3) is 0 Å². The lowest BCUT2D eigenvalue weighted by Crippen LogP contribution is -2.63. The van der Waals surface area contributed by atoms with Gasteiger partial charge in [0.2, 0.25) is 11.8 Å². The molecule has 46 heavy (non-hydrogen) atoms. The molecule has 1 fully saturated rings. The molecule has 2 spiro atoms. The van der Waals surface area contributed by atoms with E-state index in [0.717, 1.165) is 5.56 Å². The average molecular weight is 611 g/mol. The Labute approximate surface area is 266 Å². The van der Waals surface area contributed by atoms with E-state index < -0.39 is 46.7 Å². The van der Waals surface area contributed by atoms with Crippen LogP contribution in [-0.2, 0) is 28.6 Å². The third kappa shape index (κ3) is 4.65. The normalized spacial score (nSPS) is 26.9. The van der Waals surface area contributed by atoms with Crippen LogP contribution >= 0.6 is 0 Å². The molecule has 0 saturated heterocycles. The molecule has 0 N–H and O–H groups in total. The SMILES string of the molecule is COC(=O)/C=C/[C@@H]1C[C@H](c2ccccc2)[C@]2(N=C(c3ccccc3)OC2=O)[C@H](c2ccccc2)[C@]12N=C(c1ccccc1)OC2=O. The lowest BCUT2D eigenvalue weighted by molar-refractivity contribution is -0.150. The van der Waals surface area contributed by atoms with Crippen molar-refractivity contribution in [2.24, 2.45) is 15.9 Å². The monoisotopic (exact) mass is 610 g/mol. The molecule has 228 valence electrons. The second kappa shape index (κ2) is 11.7. The molecule has 7 rings (SSSR count). The Morgan fingerprint density at radius 2 is 1.15 bits per heavy atom. The van der Waals surface area contributed by atoms with E-state index in [1.165, 1.54) is 13.2 Å². The highest BCUT2D eigenvalue weighted by Crippen LogP contribution is 2.62. The van der Waals surface area contributed by atoms with E-state index in [9.17, 15) is 14.4 Å². The maximum Gasteiger partial charge on any atom is 0.342 e. The lowest BCUT2D eigenvalue weighted by Gasteiger charge is -2.52. The third-order valence-electron chi connectivity index (χ3n) is 9.11. The quantitative estimate of drug-likeness (QED) is 0.156. The fourth-order valence-corrected chi connectivity index (χ4v) is 7.12. The van der Waals surface area contributed by atoms with E-state index in [0.29, 0.717) is 16.7 Å². The number of benzene rings is 4. The molecule has 5 atom stereocenters. The van der Waals surface area contributed by atoms with Crippen molar-refractivity contribution in [1.29, 1.82) is 0 Å². The first-order valence-electron chi connectivity index (χ1n) is 15.1. The third-order valence-corrected chi connectivity index (χ3v) is 9.11. The number of aliphatic imine (C=N–C) groups is 2. The fourth-order valence-electron chi connectivity index (χ4n) is 7.12. The van der Waals surface area contributed by atoms with Crippen LogP contribution in [0.1, 0.15) is 40.5 Å². The summed E-state index contributed by atoms with van der Waals surface area (Å²) in [6.07, 6.45) is 3.19. The molecule has 8 heteroatoms. The van der Waals surface area contributed by atoms with E-state index >= 15 is 0 Å². The molecule has 0 radical (unpaired) electrons. The first-order valence-corrected chi connectivity index (χ1v) is 15.1. The van der Waals surface area contributed by atoms with Crippen molar-refractivity contribution in [3.63, 3.8) is 0 Å². The Morgan fingerprint density at radius 3 is 1.67 bits per heavy atom. The minimum absolute atomic E-state index is 0.134. The Hall–Kier alpha value is -5.63. The number of hydrogen-bond donors (Lipinski definition) is 0. The van der Waals surface area contributed by atoms with Gasteiger partial charge in [0.05, 0.1) is 13.0 Å². The van der Waals surface area contributed by atoms with Crippen LogP contribution in [0.3, 0.4) is 0 Å². The highest BCUT2D eigenvalue weighted by atomic mass is 16.6. The summed E-state index contributed by atoms with van der Waals surface area (Å²) in [6.45, 7) is 0. The molecule has 1 aliphatic carbocycles. The van der Waals surface area contributed by atoms with E-state index in [1.807, 2.05) is 121 Å². The van der Waals surface area contributed by atoms with Crippen molar-refractivity contribution >= 4 is 29.7 Å². The van der Waals surface area contributed by atoms with Gasteiger partial charge in [-0.15, -0.1) is 0 Å². The van der Waals surface area contributed by atoms with Gasteiger partial charge in [-0.3, -0.25) is 0 Å². The van der Waals surface area contributed by atoms with Crippen LogP contribution in [0.15, 0.2) is 143 Å². The number of methoxy groups -OCH3 is 1. The smallest absolute Gasteiger partial charge is 0.342 e. The fraction of sp³-hybridized carbons (Fsp3) is 0.184. The molecule has 0 aromatic heterocycles. The Bertz CT molecular complexity index is 1870. The minimum Gasteiger partial charge on any atom is -0.466 e. The molecule has 2 heterocycles. The number of hydrogen-bond acceptors (Lipinski definition) is 8. The molecular weight excluding hydrogens is 580 g/mol. The summed E-state index contributed by atoms with van der Waals surface area (Å²) in [5.74, 6) is -3.76. The van der Waals surface area contributed by atoms with Gasteiger partial charge in [0.15, 0.2) is 11.1 Å². The van der Waals surface area contributed by atoms with Crippen molar-refractivity contribution < 1.29 is 28.6 Å². The topological polar surface area (TPSA) is 104 Å². The predicted octanol–water partition coefficient (Wildman–Crippen LogP) is 5.79. The molecule has 2 aliphatic heterocycles. The van der Waals surface area contributed by atoms with Crippen LogP contribution in [0.5, 0.6) is 0 Å². The Balaban J connectivity index is 1.56. The summed E-state index contributed by atoms with van der Waals surface area (Å²) >= 11 is 0. The van der Waals surface area contributed by atoms with Gasteiger partial charge in [0.25, 0.3) is 0 Å². The first kappa shape index (κ1) is 29.1. The molecule has 4 aromatic carbocycles. The van der Waals surface area contributed by atoms with E-state index in [4.69, 9.17) is 24.2 Å². The first-order chi connectivity index (χ1) is 22.5. The standard InChI is InChI=1S/C38H30N2O6/c1-44-31(41)23-22-29-24-30(25-14-6-2-7-15-25)38(36(43)46-34(40-38)28-20-12-5-13-21-28)32(26-16-8-3-9-17-26)37(29)35(42)45-33(39-37)27-18-10-4-11-19-27/h2-23,29-30,32H,24H2,1H3/b23-22+/t29-,30-,32-,37-,38+/m1/s1.